The Labute approximate surface area is 113 Å². The number of nitrogens with zero attached hydrogens (tertiary/aromatic N) is 1. The Hall–Kier alpha value is -1.84. The van der Waals surface area contributed by atoms with Crippen LogP contribution in [-0.4, -0.2) is 34.0 Å². The van der Waals surface area contributed by atoms with Crippen LogP contribution in [0.5, 0.6) is 0 Å². The Bertz CT molecular complexity index is 518. The second kappa shape index (κ2) is 4.68. The normalized spacial score (nSPS) is 21.9. The lowest BCUT2D eigenvalue weighted by Crippen LogP contribution is -2.64. The summed E-state index contributed by atoms with van der Waals surface area (Å²) in [6.45, 7) is 6.13. The number of aryl methyl sites for hydroxylation is 2. The van der Waals surface area contributed by atoms with E-state index in [1.807, 2.05) is 26.0 Å². The fourth-order valence-electron chi connectivity index (χ4n) is 2.62. The predicted molar refractivity (Wildman–Crippen MR) is 72.0 cm³/mol. The number of benzene rings is 1. The molecule has 1 aliphatic heterocycles. The van der Waals surface area contributed by atoms with E-state index >= 15 is 0 Å². The first-order valence-electron chi connectivity index (χ1n) is 6.44. The van der Waals surface area contributed by atoms with Crippen LogP contribution in [0, 0.1) is 13.8 Å². The molecule has 0 spiro atoms. The number of hydrogen-bond donors (Lipinski definition) is 1. The zero-order valence-electron chi connectivity index (χ0n) is 11.6. The van der Waals surface area contributed by atoms with Gasteiger partial charge in [0.1, 0.15) is 5.54 Å². The molecule has 1 atom stereocenters. The van der Waals surface area contributed by atoms with E-state index < -0.39 is 11.5 Å². The van der Waals surface area contributed by atoms with Gasteiger partial charge in [0.25, 0.3) is 0 Å². The van der Waals surface area contributed by atoms with Crippen LogP contribution in [0.15, 0.2) is 18.2 Å². The minimum atomic E-state index is -1.02. The van der Waals surface area contributed by atoms with Crippen molar-refractivity contribution in [3.8, 4) is 0 Å². The van der Waals surface area contributed by atoms with Crippen molar-refractivity contribution in [2.75, 3.05) is 6.54 Å². The van der Waals surface area contributed by atoms with Crippen molar-refractivity contribution in [1.82, 2.24) is 4.90 Å². The van der Waals surface area contributed by atoms with Crippen molar-refractivity contribution in [3.05, 3.63) is 34.9 Å². The number of carboxylic acid groups (broad SMARTS) is 1. The van der Waals surface area contributed by atoms with Gasteiger partial charge in [-0.05, 0) is 32.8 Å². The van der Waals surface area contributed by atoms with Crippen LogP contribution >= 0.6 is 0 Å². The Morgan fingerprint density at radius 1 is 1.26 bits per heavy atom. The highest BCUT2D eigenvalue weighted by atomic mass is 16.4. The molecule has 0 radical (unpaired) electrons. The van der Waals surface area contributed by atoms with Gasteiger partial charge in [0.05, 0.1) is 6.42 Å². The maximum atomic E-state index is 12.2. The highest BCUT2D eigenvalue weighted by molar-refractivity contribution is 5.89. The van der Waals surface area contributed by atoms with Crippen LogP contribution in [0.25, 0.3) is 0 Å². The van der Waals surface area contributed by atoms with Gasteiger partial charge in [-0.2, -0.15) is 0 Å². The third-order valence-corrected chi connectivity index (χ3v) is 3.82. The predicted octanol–water partition coefficient (Wildman–Crippen LogP) is 1.92. The molecule has 1 fully saturated rings. The van der Waals surface area contributed by atoms with Crippen LogP contribution in [0.3, 0.4) is 0 Å². The number of likely N-dealkylation sites (tertiary alicyclic amines) is 1. The van der Waals surface area contributed by atoms with Crippen molar-refractivity contribution >= 4 is 11.9 Å². The summed E-state index contributed by atoms with van der Waals surface area (Å²) in [6.07, 6.45) is 0.798. The van der Waals surface area contributed by atoms with Crippen molar-refractivity contribution in [3.63, 3.8) is 0 Å². The SMILES string of the molecule is Cc1cc(C)cc(CC(=O)N2CC[C@]2(C)C(=O)O)c1. The van der Waals surface area contributed by atoms with Crippen LogP contribution in [0.2, 0.25) is 0 Å². The third kappa shape index (κ3) is 2.48. The van der Waals surface area contributed by atoms with Crippen molar-refractivity contribution in [2.45, 2.75) is 39.2 Å². The molecule has 1 saturated heterocycles. The number of carbonyl (C=O) groups excluding carboxylic acids is 1. The minimum absolute atomic E-state index is 0.110. The Morgan fingerprint density at radius 3 is 2.26 bits per heavy atom. The molecule has 4 heteroatoms. The van der Waals surface area contributed by atoms with Crippen LogP contribution in [-0.2, 0) is 16.0 Å². The standard InChI is InChI=1S/C15H19NO3/c1-10-6-11(2)8-12(7-10)9-13(17)16-5-4-15(16,3)14(18)19/h6-8H,4-5,9H2,1-3H3,(H,18,19)/t15-/m1/s1. The third-order valence-electron chi connectivity index (χ3n) is 3.82. The molecule has 1 aromatic rings. The summed E-state index contributed by atoms with van der Waals surface area (Å²) in [6, 6.07) is 6.00. The van der Waals surface area contributed by atoms with E-state index in [1.54, 1.807) is 6.92 Å². The second-order valence-corrected chi connectivity index (χ2v) is 5.55. The molecule has 1 amide bonds. The molecule has 0 bridgehead atoms. The van der Waals surface area contributed by atoms with Gasteiger partial charge in [-0.1, -0.05) is 29.3 Å². The van der Waals surface area contributed by atoms with Crippen molar-refractivity contribution in [2.24, 2.45) is 0 Å². The quantitative estimate of drug-likeness (QED) is 0.904. The Morgan fingerprint density at radius 2 is 1.84 bits per heavy atom. The van der Waals surface area contributed by atoms with Crippen LogP contribution < -0.4 is 0 Å². The Balaban J connectivity index is 2.12. The molecule has 1 N–H and O–H groups in total. The van der Waals surface area contributed by atoms with E-state index in [1.165, 1.54) is 4.90 Å². The molecular formula is C15H19NO3. The van der Waals surface area contributed by atoms with Crippen molar-refractivity contribution in [1.29, 1.82) is 0 Å². The first kappa shape index (κ1) is 13.6. The number of aliphatic carboxylic acids is 1. The smallest absolute Gasteiger partial charge is 0.329 e. The molecule has 102 valence electrons. The summed E-state index contributed by atoms with van der Waals surface area (Å²) in [5.41, 5.74) is 2.16. The highest BCUT2D eigenvalue weighted by Gasteiger charge is 2.49. The second-order valence-electron chi connectivity index (χ2n) is 5.55. The molecule has 0 aliphatic carbocycles. The van der Waals surface area contributed by atoms with E-state index in [9.17, 15) is 14.7 Å². The lowest BCUT2D eigenvalue weighted by molar-refractivity contribution is -0.168. The summed E-state index contributed by atoms with van der Waals surface area (Å²) >= 11 is 0. The number of carboxylic acids is 1. The zero-order valence-corrected chi connectivity index (χ0v) is 11.6. The summed E-state index contributed by atoms with van der Waals surface area (Å²) in [7, 11) is 0. The Kier molecular flexibility index (Phi) is 3.35. The summed E-state index contributed by atoms with van der Waals surface area (Å²) in [4.78, 5) is 24.9. The van der Waals surface area contributed by atoms with E-state index in [-0.39, 0.29) is 12.3 Å². The monoisotopic (exact) mass is 261 g/mol. The molecule has 1 aromatic carbocycles. The van der Waals surface area contributed by atoms with E-state index in [2.05, 4.69) is 6.07 Å². The van der Waals surface area contributed by atoms with Gasteiger partial charge in [-0.25, -0.2) is 4.79 Å². The number of hydrogen-bond acceptors (Lipinski definition) is 2. The lowest BCUT2D eigenvalue weighted by Gasteiger charge is -2.47. The molecule has 19 heavy (non-hydrogen) atoms. The lowest BCUT2D eigenvalue weighted by atomic mass is 9.86. The number of rotatable bonds is 3. The van der Waals surface area contributed by atoms with Gasteiger partial charge >= 0.3 is 5.97 Å². The highest BCUT2D eigenvalue weighted by Crippen LogP contribution is 2.31. The van der Waals surface area contributed by atoms with Gasteiger partial charge in [0, 0.05) is 6.54 Å². The molecule has 2 rings (SSSR count). The van der Waals surface area contributed by atoms with E-state index in [4.69, 9.17) is 0 Å². The van der Waals surface area contributed by atoms with Gasteiger partial charge in [-0.15, -0.1) is 0 Å². The van der Waals surface area contributed by atoms with Gasteiger partial charge in [0.15, 0.2) is 0 Å². The molecule has 1 aliphatic rings. The summed E-state index contributed by atoms with van der Waals surface area (Å²) in [5.74, 6) is -1.03. The maximum Gasteiger partial charge on any atom is 0.329 e. The topological polar surface area (TPSA) is 57.6 Å². The fraction of sp³-hybridized carbons (Fsp3) is 0.467. The van der Waals surface area contributed by atoms with Gasteiger partial charge in [0.2, 0.25) is 5.91 Å². The molecular weight excluding hydrogens is 242 g/mol. The summed E-state index contributed by atoms with van der Waals surface area (Å²) in [5, 5.41) is 9.17. The average molecular weight is 261 g/mol. The molecule has 1 heterocycles. The fourth-order valence-corrected chi connectivity index (χ4v) is 2.62. The first-order valence-corrected chi connectivity index (χ1v) is 6.44. The molecule has 4 nitrogen and oxygen atoms in total. The molecule has 0 unspecified atom stereocenters. The van der Waals surface area contributed by atoms with Gasteiger partial charge in [-0.3, -0.25) is 4.79 Å². The maximum absolute atomic E-state index is 12.2. The average Bonchev–Trinajstić information content (AvgIpc) is 2.24. The van der Waals surface area contributed by atoms with Crippen LogP contribution in [0.4, 0.5) is 0 Å². The number of carbonyl (C=O) groups is 2. The first-order chi connectivity index (χ1) is 8.83. The molecule has 0 saturated carbocycles. The molecule has 0 aromatic heterocycles. The largest absolute Gasteiger partial charge is 0.480 e. The van der Waals surface area contributed by atoms with Gasteiger partial charge < -0.3 is 10.0 Å². The van der Waals surface area contributed by atoms with E-state index in [0.29, 0.717) is 13.0 Å². The van der Waals surface area contributed by atoms with Crippen LogP contribution in [0.1, 0.15) is 30.0 Å². The van der Waals surface area contributed by atoms with Crippen molar-refractivity contribution < 1.29 is 14.7 Å². The van der Waals surface area contributed by atoms with E-state index in [0.717, 1.165) is 16.7 Å². The minimum Gasteiger partial charge on any atom is -0.480 e. The number of amides is 1. The summed E-state index contributed by atoms with van der Waals surface area (Å²) < 4.78 is 0. The zero-order chi connectivity index (χ0) is 14.2.